The van der Waals surface area contributed by atoms with E-state index in [-0.39, 0.29) is 11.3 Å². The lowest BCUT2D eigenvalue weighted by Gasteiger charge is -2.07. The van der Waals surface area contributed by atoms with Gasteiger partial charge in [0.2, 0.25) is 0 Å². The predicted octanol–water partition coefficient (Wildman–Crippen LogP) is 3.13. The van der Waals surface area contributed by atoms with Crippen molar-refractivity contribution >= 4 is 23.4 Å². The average molecular weight is 274 g/mol. The van der Waals surface area contributed by atoms with Crippen LogP contribution in [0.5, 0.6) is 0 Å². The van der Waals surface area contributed by atoms with Crippen molar-refractivity contribution in [3.05, 3.63) is 47.2 Å². The summed E-state index contributed by atoms with van der Waals surface area (Å²) in [6.45, 7) is 4.05. The van der Waals surface area contributed by atoms with E-state index in [1.165, 1.54) is 29.6 Å². The summed E-state index contributed by atoms with van der Waals surface area (Å²) in [5.74, 6) is -1.04. The fourth-order valence-electron chi connectivity index (χ4n) is 1.71. The highest BCUT2D eigenvalue weighted by atomic mass is 32.2. The van der Waals surface area contributed by atoms with E-state index in [9.17, 15) is 4.79 Å². The van der Waals surface area contributed by atoms with E-state index in [4.69, 9.17) is 10.8 Å². The van der Waals surface area contributed by atoms with Crippen molar-refractivity contribution in [1.29, 1.82) is 0 Å². The van der Waals surface area contributed by atoms with Crippen molar-refractivity contribution in [2.24, 2.45) is 0 Å². The molecule has 2 rings (SSSR count). The van der Waals surface area contributed by atoms with Gasteiger partial charge in [0.05, 0.1) is 17.4 Å². The molecule has 2 aromatic rings. The minimum Gasteiger partial charge on any atom is -0.478 e. The fourth-order valence-corrected chi connectivity index (χ4v) is 2.58. The molecule has 0 fully saturated rings. The van der Waals surface area contributed by atoms with Crippen molar-refractivity contribution < 1.29 is 9.90 Å². The number of nitrogens with zero attached hydrogens (tertiary/aromatic N) is 1. The second kappa shape index (κ2) is 5.32. The van der Waals surface area contributed by atoms with Crippen molar-refractivity contribution in [1.82, 2.24) is 4.98 Å². The molecule has 0 unspecified atom stereocenters. The van der Waals surface area contributed by atoms with Crippen LogP contribution in [0.3, 0.4) is 0 Å². The maximum Gasteiger partial charge on any atom is 0.337 e. The second-order valence-electron chi connectivity index (χ2n) is 4.29. The maximum atomic E-state index is 11.0. The summed E-state index contributed by atoms with van der Waals surface area (Å²) in [5, 5.41) is 9.65. The van der Waals surface area contributed by atoms with E-state index >= 15 is 0 Å². The Balaban J connectivity index is 2.33. The van der Waals surface area contributed by atoms with Crippen molar-refractivity contribution in [2.45, 2.75) is 23.8 Å². The van der Waals surface area contributed by atoms with Crippen LogP contribution in [0.2, 0.25) is 0 Å². The number of nitrogens with two attached hydrogens (primary N) is 1. The van der Waals surface area contributed by atoms with Crippen LogP contribution < -0.4 is 5.73 Å². The van der Waals surface area contributed by atoms with E-state index in [1.54, 1.807) is 0 Å². The van der Waals surface area contributed by atoms with Gasteiger partial charge in [-0.25, -0.2) is 9.78 Å². The first-order valence-electron chi connectivity index (χ1n) is 5.71. The van der Waals surface area contributed by atoms with Crippen LogP contribution >= 0.6 is 11.8 Å². The SMILES string of the molecule is Cc1ccc(Sc2cc(C(=O)O)c(N)cn2)c(C)c1. The number of carboxylic acid groups (broad SMARTS) is 1. The third kappa shape index (κ3) is 3.06. The molecule has 0 aliphatic carbocycles. The minimum absolute atomic E-state index is 0.0854. The number of carbonyl (C=O) groups is 1. The van der Waals surface area contributed by atoms with Gasteiger partial charge in [-0.05, 0) is 31.5 Å². The highest BCUT2D eigenvalue weighted by molar-refractivity contribution is 7.99. The number of benzene rings is 1. The van der Waals surface area contributed by atoms with Gasteiger partial charge in [-0.3, -0.25) is 0 Å². The smallest absolute Gasteiger partial charge is 0.337 e. The van der Waals surface area contributed by atoms with Crippen LogP contribution in [0.15, 0.2) is 40.4 Å². The third-order valence-corrected chi connectivity index (χ3v) is 3.80. The largest absolute Gasteiger partial charge is 0.478 e. The summed E-state index contributed by atoms with van der Waals surface area (Å²) < 4.78 is 0. The van der Waals surface area contributed by atoms with Crippen molar-refractivity contribution in [2.75, 3.05) is 5.73 Å². The number of aromatic carboxylic acids is 1. The molecule has 0 aliphatic rings. The Hall–Kier alpha value is -2.01. The molecule has 0 bridgehead atoms. The molecule has 1 heterocycles. The Morgan fingerprint density at radius 1 is 1.32 bits per heavy atom. The highest BCUT2D eigenvalue weighted by Gasteiger charge is 2.11. The van der Waals surface area contributed by atoms with Crippen LogP contribution in [0.1, 0.15) is 21.5 Å². The highest BCUT2D eigenvalue weighted by Crippen LogP contribution is 2.30. The lowest BCUT2D eigenvalue weighted by Crippen LogP contribution is -2.03. The maximum absolute atomic E-state index is 11.0. The summed E-state index contributed by atoms with van der Waals surface area (Å²) in [4.78, 5) is 16.2. The van der Waals surface area contributed by atoms with Gasteiger partial charge in [-0.2, -0.15) is 0 Å². The van der Waals surface area contributed by atoms with Crippen LogP contribution in [-0.4, -0.2) is 16.1 Å². The molecule has 0 aliphatic heterocycles. The first kappa shape index (κ1) is 13.4. The van der Waals surface area contributed by atoms with Crippen LogP contribution in [-0.2, 0) is 0 Å². The minimum atomic E-state index is -1.04. The molecule has 1 aromatic heterocycles. The molecule has 0 saturated carbocycles. The Morgan fingerprint density at radius 3 is 2.68 bits per heavy atom. The molecule has 0 saturated heterocycles. The molecule has 0 amide bonds. The van der Waals surface area contributed by atoms with Gasteiger partial charge in [0, 0.05) is 4.90 Å². The molecule has 0 spiro atoms. The first-order chi connectivity index (χ1) is 8.97. The lowest BCUT2D eigenvalue weighted by atomic mass is 10.2. The summed E-state index contributed by atoms with van der Waals surface area (Å²) in [6, 6.07) is 7.61. The monoisotopic (exact) mass is 274 g/mol. The number of rotatable bonds is 3. The summed E-state index contributed by atoms with van der Waals surface area (Å²) in [7, 11) is 0. The number of hydrogen-bond acceptors (Lipinski definition) is 4. The molecule has 19 heavy (non-hydrogen) atoms. The quantitative estimate of drug-likeness (QED) is 0.899. The molecule has 0 atom stereocenters. The van der Waals surface area contributed by atoms with Crippen molar-refractivity contribution in [3.8, 4) is 0 Å². The summed E-state index contributed by atoms with van der Waals surface area (Å²) >= 11 is 1.43. The lowest BCUT2D eigenvalue weighted by molar-refractivity contribution is 0.0697. The molecule has 0 radical (unpaired) electrons. The van der Waals surface area contributed by atoms with Gasteiger partial charge in [-0.1, -0.05) is 29.5 Å². The second-order valence-corrected chi connectivity index (χ2v) is 5.35. The number of aromatic nitrogens is 1. The van der Waals surface area contributed by atoms with Gasteiger partial charge in [0.25, 0.3) is 0 Å². The van der Waals surface area contributed by atoms with E-state index in [0.717, 1.165) is 10.5 Å². The van der Waals surface area contributed by atoms with Gasteiger partial charge in [0.15, 0.2) is 0 Å². The van der Waals surface area contributed by atoms with Crippen molar-refractivity contribution in [3.63, 3.8) is 0 Å². The molecule has 98 valence electrons. The van der Waals surface area contributed by atoms with E-state index < -0.39 is 5.97 Å². The normalized spacial score (nSPS) is 10.4. The van der Waals surface area contributed by atoms with E-state index in [1.807, 2.05) is 26.0 Å². The first-order valence-corrected chi connectivity index (χ1v) is 6.53. The number of aryl methyl sites for hydroxylation is 2. The topological polar surface area (TPSA) is 76.2 Å². The zero-order valence-electron chi connectivity index (χ0n) is 10.7. The van der Waals surface area contributed by atoms with Crippen LogP contribution in [0, 0.1) is 13.8 Å². The standard InChI is InChI=1S/C14H14N2O2S/c1-8-3-4-12(9(2)5-8)19-13-6-10(14(17)18)11(15)7-16-13/h3-7H,15H2,1-2H3,(H,17,18). The zero-order valence-corrected chi connectivity index (χ0v) is 11.5. The Kier molecular flexibility index (Phi) is 3.76. The zero-order chi connectivity index (χ0) is 14.0. The molecule has 4 nitrogen and oxygen atoms in total. The van der Waals surface area contributed by atoms with E-state index in [0.29, 0.717) is 5.03 Å². The number of nitrogen functional groups attached to an aromatic ring is 1. The van der Waals surface area contributed by atoms with E-state index in [2.05, 4.69) is 11.1 Å². The summed E-state index contributed by atoms with van der Waals surface area (Å²) in [5.41, 5.74) is 8.18. The van der Waals surface area contributed by atoms with Crippen LogP contribution in [0.25, 0.3) is 0 Å². The van der Waals surface area contributed by atoms with Gasteiger partial charge in [0.1, 0.15) is 5.03 Å². The van der Waals surface area contributed by atoms with Gasteiger partial charge < -0.3 is 10.8 Å². The Bertz CT molecular complexity index is 641. The summed E-state index contributed by atoms with van der Waals surface area (Å²) in [6.07, 6.45) is 1.38. The predicted molar refractivity (Wildman–Crippen MR) is 75.6 cm³/mol. The third-order valence-electron chi connectivity index (χ3n) is 2.69. The fraction of sp³-hybridized carbons (Fsp3) is 0.143. The van der Waals surface area contributed by atoms with Crippen LogP contribution in [0.4, 0.5) is 5.69 Å². The Morgan fingerprint density at radius 2 is 2.05 bits per heavy atom. The Labute approximate surface area is 115 Å². The number of pyridine rings is 1. The molecular weight excluding hydrogens is 260 g/mol. The molecule has 1 aromatic carbocycles. The number of hydrogen-bond donors (Lipinski definition) is 2. The van der Waals surface area contributed by atoms with Gasteiger partial charge >= 0.3 is 5.97 Å². The average Bonchev–Trinajstić information content (AvgIpc) is 2.34. The number of carboxylic acids is 1. The molecule has 5 heteroatoms. The molecule has 3 N–H and O–H groups in total. The van der Waals surface area contributed by atoms with Gasteiger partial charge in [-0.15, -0.1) is 0 Å². The number of anilines is 1. The molecular formula is C14H14N2O2S.